The van der Waals surface area contributed by atoms with Crippen molar-refractivity contribution in [3.05, 3.63) is 64.2 Å². The number of hydrogen-bond acceptors (Lipinski definition) is 4. The van der Waals surface area contributed by atoms with Gasteiger partial charge in [-0.1, -0.05) is 72.2 Å². The molecule has 0 aromatic heterocycles. The summed E-state index contributed by atoms with van der Waals surface area (Å²) in [5, 5.41) is 0. The van der Waals surface area contributed by atoms with Crippen molar-refractivity contribution in [2.24, 2.45) is 5.92 Å². The summed E-state index contributed by atoms with van der Waals surface area (Å²) < 4.78 is 11.4. The van der Waals surface area contributed by atoms with E-state index in [0.29, 0.717) is 23.5 Å². The predicted octanol–water partition coefficient (Wildman–Crippen LogP) is 7.16. The molecule has 4 nitrogen and oxygen atoms in total. The van der Waals surface area contributed by atoms with Gasteiger partial charge in [0.1, 0.15) is 5.75 Å². The van der Waals surface area contributed by atoms with Crippen molar-refractivity contribution in [3.63, 3.8) is 0 Å². The summed E-state index contributed by atoms with van der Waals surface area (Å²) >= 11 is 0. The molecule has 2 rings (SSSR count). The van der Waals surface area contributed by atoms with Gasteiger partial charge in [-0.15, -0.1) is 0 Å². The molecule has 0 radical (unpaired) electrons. The van der Waals surface area contributed by atoms with Crippen molar-refractivity contribution >= 4 is 11.9 Å². The zero-order chi connectivity index (χ0) is 24.8. The van der Waals surface area contributed by atoms with Crippen LogP contribution >= 0.6 is 0 Å². The lowest BCUT2D eigenvalue weighted by Gasteiger charge is -2.27. The highest BCUT2D eigenvalue weighted by Gasteiger charge is 2.32. The van der Waals surface area contributed by atoms with E-state index in [9.17, 15) is 9.59 Å². The Kier molecular flexibility index (Phi) is 9.27. The molecule has 0 fully saturated rings. The number of carbonyl (C=O) groups is 2. The highest BCUT2D eigenvalue weighted by atomic mass is 16.5. The second kappa shape index (κ2) is 11.5. The van der Waals surface area contributed by atoms with Crippen LogP contribution in [0.15, 0.2) is 36.4 Å². The first-order valence-corrected chi connectivity index (χ1v) is 12.1. The number of ether oxygens (including phenoxy) is 2. The topological polar surface area (TPSA) is 52.6 Å². The fourth-order valence-electron chi connectivity index (χ4n) is 3.93. The monoisotopic (exact) mass is 452 g/mol. The molecule has 4 heteroatoms. The number of unbranched alkanes of at least 4 members (excludes halogenated alkanes) is 1. The van der Waals surface area contributed by atoms with Crippen LogP contribution < -0.4 is 4.74 Å². The second-order valence-electron chi connectivity index (χ2n) is 10.1. The van der Waals surface area contributed by atoms with Gasteiger partial charge in [0.25, 0.3) is 0 Å². The lowest BCUT2D eigenvalue weighted by atomic mass is 9.80. The number of rotatable bonds is 9. The summed E-state index contributed by atoms with van der Waals surface area (Å²) in [4.78, 5) is 26.0. The van der Waals surface area contributed by atoms with E-state index < -0.39 is 11.9 Å². The molecule has 1 unspecified atom stereocenters. The minimum absolute atomic E-state index is 0.0195. The molecule has 0 aliphatic carbocycles. The maximum Gasteiger partial charge on any atom is 0.343 e. The minimum atomic E-state index is -0.523. The van der Waals surface area contributed by atoms with E-state index in [1.54, 1.807) is 6.92 Å². The Balaban J connectivity index is 2.50. The van der Waals surface area contributed by atoms with Crippen molar-refractivity contribution in [3.8, 4) is 5.75 Å². The molecule has 1 atom stereocenters. The molecule has 0 bridgehead atoms. The van der Waals surface area contributed by atoms with E-state index in [4.69, 9.17) is 9.47 Å². The molecule has 0 saturated heterocycles. The molecule has 0 amide bonds. The van der Waals surface area contributed by atoms with Crippen molar-refractivity contribution in [2.45, 2.75) is 86.0 Å². The fourth-order valence-corrected chi connectivity index (χ4v) is 3.93. The molecule has 2 aromatic rings. The quantitative estimate of drug-likeness (QED) is 0.299. The van der Waals surface area contributed by atoms with Crippen LogP contribution in [0.2, 0.25) is 0 Å². The normalized spacial score (nSPS) is 12.5. The summed E-state index contributed by atoms with van der Waals surface area (Å²) in [7, 11) is 0. The minimum Gasteiger partial charge on any atom is -0.466 e. The Morgan fingerprint density at radius 1 is 1.00 bits per heavy atom. The number of benzene rings is 2. The molecule has 0 aliphatic heterocycles. The number of hydrogen-bond donors (Lipinski definition) is 0. The lowest BCUT2D eigenvalue weighted by molar-refractivity contribution is -0.146. The van der Waals surface area contributed by atoms with E-state index >= 15 is 0 Å². The van der Waals surface area contributed by atoms with Crippen LogP contribution in [0.25, 0.3) is 0 Å². The Hall–Kier alpha value is -2.62. The Bertz CT molecular complexity index is 949. The van der Waals surface area contributed by atoms with E-state index in [1.807, 2.05) is 57.2 Å². The molecule has 0 saturated carbocycles. The standard InChI is InChI=1S/C29H40O4/c1-9-11-12-21-13-15-22(16-14-21)27(30)33-26-20(5)17-23(29(6,7)8)18-24(26)25(19(3)4)28(31)32-10-2/h13-19,25H,9-12H2,1-8H3. The summed E-state index contributed by atoms with van der Waals surface area (Å²) in [6.07, 6.45) is 3.25. The Labute approximate surface area is 199 Å². The average molecular weight is 453 g/mol. The third-order valence-corrected chi connectivity index (χ3v) is 5.92. The smallest absolute Gasteiger partial charge is 0.343 e. The van der Waals surface area contributed by atoms with Crippen LogP contribution in [0, 0.1) is 12.8 Å². The summed E-state index contributed by atoms with van der Waals surface area (Å²) in [6.45, 7) is 16.6. The molecule has 0 aliphatic rings. The van der Waals surface area contributed by atoms with Crippen LogP contribution in [-0.2, 0) is 21.4 Å². The lowest BCUT2D eigenvalue weighted by Crippen LogP contribution is -2.24. The zero-order valence-corrected chi connectivity index (χ0v) is 21.6. The fraction of sp³-hybridized carbons (Fsp3) is 0.517. The van der Waals surface area contributed by atoms with Crippen LogP contribution in [0.3, 0.4) is 0 Å². The van der Waals surface area contributed by atoms with Crippen molar-refractivity contribution in [1.29, 1.82) is 0 Å². The van der Waals surface area contributed by atoms with Gasteiger partial charge in [-0.05, 0) is 66.8 Å². The van der Waals surface area contributed by atoms with Crippen molar-refractivity contribution in [1.82, 2.24) is 0 Å². The molecule has 180 valence electrons. The van der Waals surface area contributed by atoms with E-state index in [1.165, 1.54) is 5.56 Å². The summed E-state index contributed by atoms with van der Waals surface area (Å²) in [6, 6.07) is 11.7. The summed E-state index contributed by atoms with van der Waals surface area (Å²) in [5.41, 5.74) is 4.22. The van der Waals surface area contributed by atoms with Crippen LogP contribution in [0.5, 0.6) is 5.75 Å². The third-order valence-electron chi connectivity index (χ3n) is 5.92. The second-order valence-corrected chi connectivity index (χ2v) is 10.1. The van der Waals surface area contributed by atoms with E-state index in [0.717, 1.165) is 30.4 Å². The van der Waals surface area contributed by atoms with Gasteiger partial charge in [0, 0.05) is 5.56 Å². The van der Waals surface area contributed by atoms with Crippen LogP contribution in [0.1, 0.15) is 99.8 Å². The highest BCUT2D eigenvalue weighted by Crippen LogP contribution is 2.39. The van der Waals surface area contributed by atoms with Crippen molar-refractivity contribution in [2.75, 3.05) is 6.61 Å². The maximum absolute atomic E-state index is 13.1. The van der Waals surface area contributed by atoms with Crippen LogP contribution in [0.4, 0.5) is 0 Å². The first-order valence-electron chi connectivity index (χ1n) is 12.1. The largest absolute Gasteiger partial charge is 0.466 e. The van der Waals surface area contributed by atoms with E-state index in [-0.39, 0.29) is 17.3 Å². The highest BCUT2D eigenvalue weighted by molar-refractivity contribution is 5.92. The zero-order valence-electron chi connectivity index (χ0n) is 21.6. The predicted molar refractivity (Wildman–Crippen MR) is 134 cm³/mol. The van der Waals surface area contributed by atoms with Gasteiger partial charge in [-0.25, -0.2) is 4.79 Å². The average Bonchev–Trinajstić information content (AvgIpc) is 2.74. The molecule has 0 heterocycles. The van der Waals surface area contributed by atoms with Gasteiger partial charge >= 0.3 is 11.9 Å². The molecule has 2 aromatic carbocycles. The number of aryl methyl sites for hydroxylation is 2. The third kappa shape index (κ3) is 6.93. The van der Waals surface area contributed by atoms with Gasteiger partial charge in [0.2, 0.25) is 0 Å². The maximum atomic E-state index is 13.1. The molecular formula is C29H40O4. The molecule has 33 heavy (non-hydrogen) atoms. The molecule has 0 spiro atoms. The van der Waals surface area contributed by atoms with Gasteiger partial charge in [-0.2, -0.15) is 0 Å². The van der Waals surface area contributed by atoms with Gasteiger partial charge < -0.3 is 9.47 Å². The number of carbonyl (C=O) groups excluding carboxylic acids is 2. The van der Waals surface area contributed by atoms with E-state index in [2.05, 4.69) is 27.7 Å². The molecule has 0 N–H and O–H groups in total. The first-order chi connectivity index (χ1) is 15.5. The Morgan fingerprint density at radius 2 is 1.64 bits per heavy atom. The first kappa shape index (κ1) is 26.6. The summed E-state index contributed by atoms with van der Waals surface area (Å²) in [5.74, 6) is -0.805. The number of esters is 2. The SMILES string of the molecule is CCCCc1ccc(C(=O)Oc2c(C)cc(C(C)(C)C)cc2C(C(=O)OCC)C(C)C)cc1. The van der Waals surface area contributed by atoms with Gasteiger partial charge in [-0.3, -0.25) is 4.79 Å². The van der Waals surface area contributed by atoms with Crippen LogP contribution in [-0.4, -0.2) is 18.5 Å². The van der Waals surface area contributed by atoms with Gasteiger partial charge in [0.05, 0.1) is 18.1 Å². The Morgan fingerprint density at radius 3 is 2.15 bits per heavy atom. The van der Waals surface area contributed by atoms with Gasteiger partial charge in [0.15, 0.2) is 0 Å². The van der Waals surface area contributed by atoms with Crippen molar-refractivity contribution < 1.29 is 19.1 Å². The molecular weight excluding hydrogens is 412 g/mol.